The Morgan fingerprint density at radius 2 is 1.33 bits per heavy atom. The monoisotopic (exact) mass is 289 g/mol. The van der Waals surface area contributed by atoms with Gasteiger partial charge >= 0.3 is 21.7 Å². The Kier molecular flexibility index (Phi) is 9.83. The van der Waals surface area contributed by atoms with E-state index in [-0.39, 0.29) is 46.5 Å². The Morgan fingerprint density at radius 3 is 1.60 bits per heavy atom. The van der Waals surface area contributed by atoms with E-state index in [0.717, 1.165) is 0 Å². The summed E-state index contributed by atoms with van der Waals surface area (Å²) in [4.78, 5) is 0. The maximum Gasteiger partial charge on any atom is 4.00 e. The van der Waals surface area contributed by atoms with E-state index in [0.29, 0.717) is 0 Å². The van der Waals surface area contributed by atoms with E-state index in [4.69, 9.17) is 0 Å². The largest absolute Gasteiger partial charge is 4.00 e. The second-order valence-electron chi connectivity index (χ2n) is 2.97. The van der Waals surface area contributed by atoms with Gasteiger partial charge in [-0.1, -0.05) is 6.55 Å². The average molecular weight is 290 g/mol. The number of hydrogen-bond acceptors (Lipinski definition) is 0. The molecule has 0 heterocycles. The summed E-state index contributed by atoms with van der Waals surface area (Å²) >= 11 is 0. The molecule has 0 saturated carbocycles. The number of hydrogen-bond donors (Lipinski definition) is 0. The van der Waals surface area contributed by atoms with Gasteiger partial charge in [0, 0.05) is 0 Å². The van der Waals surface area contributed by atoms with Crippen molar-refractivity contribution in [2.45, 2.75) is 6.55 Å². The molecule has 0 saturated heterocycles. The first-order valence-electron chi connectivity index (χ1n) is 4.15. The number of rotatable bonds is 2. The molecule has 0 amide bonds. The molecule has 0 bridgehead atoms. The second-order valence-corrected chi connectivity index (χ2v) is 5.38. The van der Waals surface area contributed by atoms with Crippen molar-refractivity contribution in [2.75, 3.05) is 0 Å². The first-order valence-corrected chi connectivity index (χ1v) is 6.15. The molecule has 1 radical (unpaired) electrons. The SMILES string of the molecule is C[Si](c1cc[cH-]c1)c1cc[cH-]c1.[Cl-].[Cl-].[Ti+4]. The van der Waals surface area contributed by atoms with Crippen LogP contribution in [0.25, 0.3) is 0 Å². The molecule has 0 aliphatic rings. The third-order valence-corrected chi connectivity index (χ3v) is 4.59. The molecular weight excluding hydrogens is 279 g/mol. The Morgan fingerprint density at radius 1 is 0.933 bits per heavy atom. The van der Waals surface area contributed by atoms with Gasteiger partial charge < -0.3 is 24.8 Å². The molecule has 0 spiro atoms. The molecule has 2 rings (SSSR count). The van der Waals surface area contributed by atoms with Crippen molar-refractivity contribution < 1.29 is 46.5 Å². The van der Waals surface area contributed by atoms with E-state index >= 15 is 0 Å². The second kappa shape index (κ2) is 8.37. The van der Waals surface area contributed by atoms with Crippen LogP contribution in [0.4, 0.5) is 0 Å². The van der Waals surface area contributed by atoms with E-state index in [1.807, 2.05) is 0 Å². The van der Waals surface area contributed by atoms with Crippen LogP contribution in [0, 0.1) is 0 Å². The molecule has 0 atom stereocenters. The number of halogens is 2. The van der Waals surface area contributed by atoms with Crippen LogP contribution in [0.2, 0.25) is 6.55 Å². The van der Waals surface area contributed by atoms with Crippen LogP contribution in [0.15, 0.2) is 48.5 Å². The summed E-state index contributed by atoms with van der Waals surface area (Å²) in [5.74, 6) is 0. The van der Waals surface area contributed by atoms with Crippen molar-refractivity contribution in [3.8, 4) is 0 Å². The maximum atomic E-state index is 2.34. The van der Waals surface area contributed by atoms with E-state index in [1.165, 1.54) is 10.4 Å². The zero-order chi connectivity index (χ0) is 8.39. The zero-order valence-electron chi connectivity index (χ0n) is 8.37. The van der Waals surface area contributed by atoms with Gasteiger partial charge in [0.1, 0.15) is 0 Å². The van der Waals surface area contributed by atoms with Crippen LogP contribution < -0.4 is 35.2 Å². The molecule has 0 aliphatic heterocycles. The van der Waals surface area contributed by atoms with Gasteiger partial charge in [-0.25, -0.2) is 22.5 Å². The van der Waals surface area contributed by atoms with Crippen LogP contribution in [0.3, 0.4) is 0 Å². The Bertz CT molecular complexity index is 295. The van der Waals surface area contributed by atoms with Gasteiger partial charge in [-0.3, -0.25) is 0 Å². The summed E-state index contributed by atoms with van der Waals surface area (Å²) in [7, 11) is -0.459. The molecule has 0 N–H and O–H groups in total. The molecular formula is C11H11Cl2SiTi. The van der Waals surface area contributed by atoms with Gasteiger partial charge in [0.15, 0.2) is 0 Å². The maximum absolute atomic E-state index is 2.34. The van der Waals surface area contributed by atoms with Gasteiger partial charge in [-0.2, -0.15) is 36.4 Å². The normalized spacial score (nSPS) is 8.67. The molecule has 0 aromatic heterocycles. The molecule has 0 fully saturated rings. The average Bonchev–Trinajstić information content (AvgIpc) is 2.77. The fraction of sp³-hybridized carbons (Fsp3) is 0.0909. The van der Waals surface area contributed by atoms with Gasteiger partial charge in [0.05, 0.1) is 0 Å². The smallest absolute Gasteiger partial charge is 1.00 e. The van der Waals surface area contributed by atoms with Crippen molar-refractivity contribution in [2.24, 2.45) is 0 Å². The van der Waals surface area contributed by atoms with Gasteiger partial charge in [0.2, 0.25) is 0 Å². The summed E-state index contributed by atoms with van der Waals surface area (Å²) < 4.78 is 0. The van der Waals surface area contributed by atoms with Gasteiger partial charge in [0.25, 0.3) is 0 Å². The van der Waals surface area contributed by atoms with E-state index in [2.05, 4.69) is 55.1 Å². The van der Waals surface area contributed by atoms with Crippen LogP contribution in [0.1, 0.15) is 0 Å². The van der Waals surface area contributed by atoms with Crippen molar-refractivity contribution in [1.82, 2.24) is 0 Å². The van der Waals surface area contributed by atoms with Crippen LogP contribution in [0.5, 0.6) is 0 Å². The molecule has 0 aliphatic carbocycles. The summed E-state index contributed by atoms with van der Waals surface area (Å²) in [6, 6.07) is 17.4. The summed E-state index contributed by atoms with van der Waals surface area (Å²) in [6.45, 7) is 2.34. The Hall–Kier alpha value is 0.211. The first kappa shape index (κ1) is 17.6. The predicted octanol–water partition coefficient (Wildman–Crippen LogP) is -4.63. The van der Waals surface area contributed by atoms with Gasteiger partial charge in [-0.05, 0) is 8.80 Å². The first-order chi connectivity index (χ1) is 5.88. The predicted molar refractivity (Wildman–Crippen MR) is 55.0 cm³/mol. The fourth-order valence-electron chi connectivity index (χ4n) is 1.41. The van der Waals surface area contributed by atoms with E-state index in [9.17, 15) is 0 Å². The minimum Gasteiger partial charge on any atom is -1.00 e. The summed E-state index contributed by atoms with van der Waals surface area (Å²) in [5, 5.41) is 3.01. The van der Waals surface area contributed by atoms with Crippen molar-refractivity contribution in [3.05, 3.63) is 48.5 Å². The van der Waals surface area contributed by atoms with Crippen LogP contribution in [-0.4, -0.2) is 8.80 Å². The van der Waals surface area contributed by atoms with Crippen LogP contribution >= 0.6 is 0 Å². The fourth-order valence-corrected chi connectivity index (χ4v) is 3.13. The van der Waals surface area contributed by atoms with Crippen LogP contribution in [-0.2, 0) is 21.7 Å². The zero-order valence-corrected chi connectivity index (χ0v) is 12.4. The van der Waals surface area contributed by atoms with Crippen molar-refractivity contribution in [1.29, 1.82) is 0 Å². The molecule has 77 valence electrons. The quantitative estimate of drug-likeness (QED) is 0.386. The summed E-state index contributed by atoms with van der Waals surface area (Å²) in [5.41, 5.74) is 0. The van der Waals surface area contributed by atoms with E-state index in [1.54, 1.807) is 0 Å². The molecule has 2 aromatic rings. The molecule has 15 heavy (non-hydrogen) atoms. The topological polar surface area (TPSA) is 0 Å². The standard InChI is InChI=1S/C11H11Si.2ClH.Ti/c1-12(10-6-2-3-7-10)11-8-4-5-9-11;;;/h2-9H,1H3;2*1H;/q-2;;;+4/p-2. The van der Waals surface area contributed by atoms with E-state index < -0.39 is 8.80 Å². The van der Waals surface area contributed by atoms with Crippen molar-refractivity contribution >= 4 is 19.2 Å². The summed E-state index contributed by atoms with van der Waals surface area (Å²) in [6.07, 6.45) is 0. The Balaban J connectivity index is 0. The molecule has 2 aromatic carbocycles. The molecule has 4 heteroatoms. The Labute approximate surface area is 120 Å². The third kappa shape index (κ3) is 4.30. The minimum absolute atomic E-state index is 0. The third-order valence-electron chi connectivity index (χ3n) is 2.19. The minimum atomic E-state index is -0.459. The molecule has 0 nitrogen and oxygen atoms in total. The molecule has 0 unspecified atom stereocenters. The van der Waals surface area contributed by atoms with Crippen molar-refractivity contribution in [3.63, 3.8) is 0 Å². The van der Waals surface area contributed by atoms with Gasteiger partial charge in [-0.15, -0.1) is 0 Å².